The van der Waals surface area contributed by atoms with E-state index in [0.717, 1.165) is 18.8 Å². The number of para-hydroxylation sites is 1. The predicted molar refractivity (Wildman–Crippen MR) is 151 cm³/mol. The van der Waals surface area contributed by atoms with Crippen molar-refractivity contribution in [3.05, 3.63) is 53.7 Å². The van der Waals surface area contributed by atoms with Gasteiger partial charge in [0.1, 0.15) is 15.7 Å². The summed E-state index contributed by atoms with van der Waals surface area (Å²) in [6.45, 7) is 7.34. The van der Waals surface area contributed by atoms with Crippen LogP contribution in [0.2, 0.25) is 5.02 Å². The van der Waals surface area contributed by atoms with Gasteiger partial charge in [0.05, 0.1) is 37.9 Å². The number of anilines is 5. The van der Waals surface area contributed by atoms with E-state index in [2.05, 4.69) is 25.5 Å². The van der Waals surface area contributed by atoms with Crippen LogP contribution in [0.3, 0.4) is 0 Å². The van der Waals surface area contributed by atoms with Crippen LogP contribution in [0.25, 0.3) is 0 Å². The second-order valence-electron chi connectivity index (χ2n) is 9.30. The highest BCUT2D eigenvalue weighted by molar-refractivity contribution is 7.89. The minimum atomic E-state index is -3.74. The minimum Gasteiger partial charge on any atom is -0.494 e. The zero-order valence-electron chi connectivity index (χ0n) is 21.9. The van der Waals surface area contributed by atoms with Crippen LogP contribution in [-0.2, 0) is 14.8 Å². The average Bonchev–Trinajstić information content (AvgIpc) is 2.91. The number of hydrogen-bond donors (Lipinski definition) is 2. The molecular formula is C26H33ClN6O4S. The molecule has 12 heteroatoms. The van der Waals surface area contributed by atoms with Crippen molar-refractivity contribution in [1.29, 1.82) is 0 Å². The second-order valence-corrected chi connectivity index (χ2v) is 11.7. The maximum atomic E-state index is 13.3. The Balaban J connectivity index is 1.58. The molecule has 0 radical (unpaired) electrons. The van der Waals surface area contributed by atoms with Crippen LogP contribution in [-0.4, -0.2) is 69.7 Å². The van der Waals surface area contributed by atoms with Crippen molar-refractivity contribution in [2.45, 2.75) is 18.7 Å². The van der Waals surface area contributed by atoms with E-state index in [4.69, 9.17) is 21.1 Å². The molecule has 0 atom stereocenters. The van der Waals surface area contributed by atoms with Gasteiger partial charge in [-0.1, -0.05) is 37.6 Å². The van der Waals surface area contributed by atoms with Crippen LogP contribution < -0.4 is 20.3 Å². The van der Waals surface area contributed by atoms with E-state index in [1.807, 2.05) is 32.0 Å². The van der Waals surface area contributed by atoms with Gasteiger partial charge in [0.25, 0.3) is 0 Å². The van der Waals surface area contributed by atoms with Gasteiger partial charge in [-0.15, -0.1) is 0 Å². The number of aromatic nitrogens is 2. The molecule has 0 spiro atoms. The Bertz CT molecular complexity index is 1370. The molecule has 204 valence electrons. The number of nitrogens with one attached hydrogen (secondary N) is 2. The van der Waals surface area contributed by atoms with Crippen LogP contribution in [0.4, 0.5) is 28.8 Å². The fourth-order valence-electron chi connectivity index (χ4n) is 4.14. The van der Waals surface area contributed by atoms with E-state index in [0.29, 0.717) is 36.9 Å². The number of benzene rings is 2. The third-order valence-electron chi connectivity index (χ3n) is 6.00. The molecule has 2 aromatic carbocycles. The number of ether oxygens (including phenoxy) is 2. The van der Waals surface area contributed by atoms with Gasteiger partial charge in [-0.2, -0.15) is 4.98 Å². The van der Waals surface area contributed by atoms with Crippen molar-refractivity contribution in [3.63, 3.8) is 0 Å². The highest BCUT2D eigenvalue weighted by Gasteiger charge is 2.25. The standard InChI is InChI=1S/C26H33ClN6O4S/c1-18(2)17-32(3)38(34,35)24-8-6-5-7-22(24)29-25-20(27)16-28-26(31-25)30-21-10-9-19(15-23(21)36-4)33-11-13-37-14-12-33/h5-10,15-16,18H,11-14,17H2,1-4H3,(H2,28,29,30,31). The Morgan fingerprint density at radius 2 is 1.87 bits per heavy atom. The summed E-state index contributed by atoms with van der Waals surface area (Å²) in [6, 6.07) is 12.5. The molecule has 0 saturated carbocycles. The first-order chi connectivity index (χ1) is 18.2. The van der Waals surface area contributed by atoms with Gasteiger partial charge in [-0.3, -0.25) is 0 Å². The molecule has 38 heavy (non-hydrogen) atoms. The summed E-state index contributed by atoms with van der Waals surface area (Å²) in [7, 11) is -0.561. The Hall–Kier alpha value is -3.12. The van der Waals surface area contributed by atoms with Gasteiger partial charge in [-0.25, -0.2) is 17.7 Å². The summed E-state index contributed by atoms with van der Waals surface area (Å²) in [5.74, 6) is 1.35. The summed E-state index contributed by atoms with van der Waals surface area (Å²) in [5, 5.41) is 6.50. The Morgan fingerprint density at radius 1 is 1.13 bits per heavy atom. The quantitative estimate of drug-likeness (QED) is 0.363. The van der Waals surface area contributed by atoms with Crippen LogP contribution in [0.5, 0.6) is 5.75 Å². The van der Waals surface area contributed by atoms with Crippen molar-refractivity contribution in [3.8, 4) is 5.75 Å². The van der Waals surface area contributed by atoms with Crippen LogP contribution in [0, 0.1) is 5.92 Å². The monoisotopic (exact) mass is 560 g/mol. The normalized spacial score (nSPS) is 14.1. The largest absolute Gasteiger partial charge is 0.494 e. The lowest BCUT2D eigenvalue weighted by atomic mass is 10.2. The van der Waals surface area contributed by atoms with Crippen molar-refractivity contribution >= 4 is 50.5 Å². The first-order valence-electron chi connectivity index (χ1n) is 12.3. The lowest BCUT2D eigenvalue weighted by Crippen LogP contribution is -2.36. The van der Waals surface area contributed by atoms with Gasteiger partial charge >= 0.3 is 0 Å². The molecule has 0 bridgehead atoms. The van der Waals surface area contributed by atoms with Crippen LogP contribution >= 0.6 is 11.6 Å². The Morgan fingerprint density at radius 3 is 2.58 bits per heavy atom. The minimum absolute atomic E-state index is 0.132. The number of sulfonamides is 1. The van der Waals surface area contributed by atoms with Gasteiger partial charge < -0.3 is 25.0 Å². The van der Waals surface area contributed by atoms with Gasteiger partial charge in [0, 0.05) is 38.4 Å². The van der Waals surface area contributed by atoms with Crippen molar-refractivity contribution in [1.82, 2.24) is 14.3 Å². The summed E-state index contributed by atoms with van der Waals surface area (Å²) >= 11 is 6.40. The van der Waals surface area contributed by atoms with Crippen LogP contribution in [0.1, 0.15) is 13.8 Å². The predicted octanol–water partition coefficient (Wildman–Crippen LogP) is 4.74. The van der Waals surface area contributed by atoms with E-state index < -0.39 is 10.0 Å². The molecule has 0 unspecified atom stereocenters. The number of hydrogen-bond acceptors (Lipinski definition) is 9. The number of methoxy groups -OCH3 is 1. The van der Waals surface area contributed by atoms with E-state index >= 15 is 0 Å². The average molecular weight is 561 g/mol. The van der Waals surface area contributed by atoms with Gasteiger partial charge in [0.2, 0.25) is 16.0 Å². The lowest BCUT2D eigenvalue weighted by Gasteiger charge is -2.29. The fourth-order valence-corrected chi connectivity index (χ4v) is 5.76. The first-order valence-corrected chi connectivity index (χ1v) is 14.1. The molecule has 10 nitrogen and oxygen atoms in total. The highest BCUT2D eigenvalue weighted by Crippen LogP contribution is 2.34. The summed E-state index contributed by atoms with van der Waals surface area (Å²) in [4.78, 5) is 11.2. The van der Waals surface area contributed by atoms with Gasteiger partial charge in [0.15, 0.2) is 5.82 Å². The number of nitrogens with zero attached hydrogens (tertiary/aromatic N) is 4. The van der Waals surface area contributed by atoms with Gasteiger partial charge in [-0.05, 0) is 30.2 Å². The third kappa shape index (κ3) is 6.47. The molecule has 1 saturated heterocycles. The molecule has 0 aliphatic carbocycles. The van der Waals surface area contributed by atoms with E-state index in [1.54, 1.807) is 38.4 Å². The smallest absolute Gasteiger partial charge is 0.244 e. The zero-order valence-corrected chi connectivity index (χ0v) is 23.5. The molecule has 4 rings (SSSR count). The van der Waals surface area contributed by atoms with Crippen molar-refractivity contribution < 1.29 is 17.9 Å². The van der Waals surface area contributed by atoms with Crippen molar-refractivity contribution in [2.24, 2.45) is 5.92 Å². The molecule has 1 aliphatic rings. The maximum Gasteiger partial charge on any atom is 0.244 e. The summed E-state index contributed by atoms with van der Waals surface area (Å²) < 4.78 is 38.9. The number of rotatable bonds is 10. The Kier molecular flexibility index (Phi) is 8.93. The first kappa shape index (κ1) is 27.9. The van der Waals surface area contributed by atoms with E-state index in [1.165, 1.54) is 10.5 Å². The zero-order chi connectivity index (χ0) is 27.3. The summed E-state index contributed by atoms with van der Waals surface area (Å²) in [5.41, 5.74) is 2.08. The second kappa shape index (κ2) is 12.2. The molecular weight excluding hydrogens is 528 g/mol. The van der Waals surface area contributed by atoms with E-state index in [9.17, 15) is 8.42 Å². The molecule has 0 amide bonds. The SMILES string of the molecule is COc1cc(N2CCOCC2)ccc1Nc1ncc(Cl)c(Nc2ccccc2S(=O)(=O)N(C)CC(C)C)n1. The molecule has 3 aromatic rings. The molecule has 2 N–H and O–H groups in total. The number of morpholine rings is 1. The topological polar surface area (TPSA) is 109 Å². The lowest BCUT2D eigenvalue weighted by molar-refractivity contribution is 0.122. The third-order valence-corrected chi connectivity index (χ3v) is 8.16. The number of halogens is 1. The highest BCUT2D eigenvalue weighted by atomic mass is 35.5. The Labute approximate surface area is 229 Å². The maximum absolute atomic E-state index is 13.3. The fraction of sp³-hybridized carbons (Fsp3) is 0.385. The van der Waals surface area contributed by atoms with Crippen LogP contribution in [0.15, 0.2) is 53.6 Å². The van der Waals surface area contributed by atoms with E-state index in [-0.39, 0.29) is 27.6 Å². The molecule has 2 heterocycles. The summed E-state index contributed by atoms with van der Waals surface area (Å²) in [6.07, 6.45) is 1.45. The molecule has 1 fully saturated rings. The van der Waals surface area contributed by atoms with Crippen molar-refractivity contribution in [2.75, 3.05) is 62.5 Å². The molecule has 1 aromatic heterocycles. The molecule has 1 aliphatic heterocycles.